The van der Waals surface area contributed by atoms with Gasteiger partial charge in [0, 0.05) is 64.0 Å². The van der Waals surface area contributed by atoms with Crippen molar-refractivity contribution in [3.8, 4) is 45.3 Å². The van der Waals surface area contributed by atoms with Gasteiger partial charge in [-0.25, -0.2) is 15.0 Å². The van der Waals surface area contributed by atoms with E-state index in [1.54, 1.807) is 11.3 Å². The lowest BCUT2D eigenvalue weighted by molar-refractivity contribution is 0.669. The van der Waals surface area contributed by atoms with Gasteiger partial charge in [0.15, 0.2) is 17.5 Å². The summed E-state index contributed by atoms with van der Waals surface area (Å²) in [5.74, 6) is 1.80. The molecule has 0 spiro atoms. The summed E-state index contributed by atoms with van der Waals surface area (Å²) in [6.07, 6.45) is 0. The number of rotatable bonds is 4. The second-order valence-electron chi connectivity index (χ2n) is 13.9. The maximum absolute atomic E-state index is 6.65. The second-order valence-corrected chi connectivity index (χ2v) is 15.0. The first kappa shape index (κ1) is 30.3. The van der Waals surface area contributed by atoms with Crippen LogP contribution in [0.4, 0.5) is 0 Å². The summed E-state index contributed by atoms with van der Waals surface area (Å²) >= 11 is 1.79. The van der Waals surface area contributed by atoms with Crippen LogP contribution >= 0.6 is 11.3 Å². The highest BCUT2D eigenvalue weighted by Gasteiger charge is 2.21. The lowest BCUT2D eigenvalue weighted by atomic mass is 10.00. The molecule has 0 N–H and O–H groups in total. The molecule has 6 heteroatoms. The van der Waals surface area contributed by atoms with E-state index >= 15 is 0 Å². The first-order valence-electron chi connectivity index (χ1n) is 18.3. The van der Waals surface area contributed by atoms with Crippen LogP contribution in [0.3, 0.4) is 0 Å². The Hall–Kier alpha value is -7.15. The minimum atomic E-state index is 0.586. The van der Waals surface area contributed by atoms with Crippen LogP contribution in [-0.2, 0) is 0 Å². The second kappa shape index (κ2) is 11.7. The maximum atomic E-state index is 6.65. The highest BCUT2D eigenvalue weighted by molar-refractivity contribution is 7.25. The molecule has 0 bridgehead atoms. The number of furan rings is 2. The molecule has 0 saturated heterocycles. The van der Waals surface area contributed by atoms with Crippen molar-refractivity contribution in [1.82, 2.24) is 15.0 Å². The molecule has 0 aliphatic carbocycles. The summed E-state index contributed by atoms with van der Waals surface area (Å²) in [6.45, 7) is 0. The number of thiophene rings is 1. The van der Waals surface area contributed by atoms with Gasteiger partial charge in [-0.3, -0.25) is 0 Å². The van der Waals surface area contributed by atoms with E-state index in [0.29, 0.717) is 17.5 Å². The molecule has 256 valence electrons. The number of para-hydroxylation sites is 2. The van der Waals surface area contributed by atoms with Gasteiger partial charge >= 0.3 is 0 Å². The Kier molecular flexibility index (Phi) is 6.44. The monoisotopic (exact) mass is 721 g/mol. The molecule has 55 heavy (non-hydrogen) atoms. The Morgan fingerprint density at radius 3 is 1.93 bits per heavy atom. The number of hydrogen-bond acceptors (Lipinski definition) is 6. The average molecular weight is 722 g/mol. The molecule has 0 fully saturated rings. The van der Waals surface area contributed by atoms with Gasteiger partial charge in [0.25, 0.3) is 0 Å². The van der Waals surface area contributed by atoms with Crippen molar-refractivity contribution in [3.63, 3.8) is 0 Å². The molecule has 4 heterocycles. The third kappa shape index (κ3) is 4.68. The van der Waals surface area contributed by atoms with Crippen molar-refractivity contribution >= 4 is 86.2 Å². The first-order chi connectivity index (χ1) is 27.2. The van der Waals surface area contributed by atoms with Gasteiger partial charge in [0.2, 0.25) is 0 Å². The summed E-state index contributed by atoms with van der Waals surface area (Å²) in [4.78, 5) is 15.8. The Balaban J connectivity index is 1.12. The van der Waals surface area contributed by atoms with Crippen molar-refractivity contribution in [2.24, 2.45) is 0 Å². The minimum Gasteiger partial charge on any atom is -0.456 e. The molecular weight excluding hydrogens is 695 g/mol. The van der Waals surface area contributed by atoms with Crippen LogP contribution in [0.5, 0.6) is 0 Å². The summed E-state index contributed by atoms with van der Waals surface area (Å²) in [5, 5.41) is 8.72. The molecule has 12 aromatic rings. The molecule has 0 aliphatic heterocycles. The quantitative estimate of drug-likeness (QED) is 0.181. The van der Waals surface area contributed by atoms with Crippen LogP contribution in [0.2, 0.25) is 0 Å². The largest absolute Gasteiger partial charge is 0.456 e. The zero-order valence-corrected chi connectivity index (χ0v) is 30.0. The topological polar surface area (TPSA) is 65.0 Å². The van der Waals surface area contributed by atoms with Crippen molar-refractivity contribution in [1.29, 1.82) is 0 Å². The van der Waals surface area contributed by atoms with Crippen molar-refractivity contribution in [2.75, 3.05) is 0 Å². The molecule has 5 nitrogen and oxygen atoms in total. The summed E-state index contributed by atoms with van der Waals surface area (Å²) < 4.78 is 15.4. The van der Waals surface area contributed by atoms with Gasteiger partial charge in [0.1, 0.15) is 22.3 Å². The van der Waals surface area contributed by atoms with E-state index in [4.69, 9.17) is 23.8 Å². The van der Waals surface area contributed by atoms with Crippen LogP contribution in [0.25, 0.3) is 120 Å². The van der Waals surface area contributed by atoms with E-state index < -0.39 is 0 Å². The Bertz CT molecular complexity index is 3510. The number of benzene rings is 8. The predicted molar refractivity (Wildman–Crippen MR) is 227 cm³/mol. The highest BCUT2D eigenvalue weighted by atomic mass is 32.1. The summed E-state index contributed by atoms with van der Waals surface area (Å²) in [5.41, 5.74) is 8.26. The number of hydrogen-bond donors (Lipinski definition) is 0. The Morgan fingerprint density at radius 2 is 1.04 bits per heavy atom. The van der Waals surface area contributed by atoms with E-state index in [0.717, 1.165) is 87.9 Å². The SMILES string of the molecule is c1ccc(-c2cccc3c2oc2cccc(-c4nc(-c5ccc6cc7c(cc6c5)oc5ccccc57)nc(-c5cccc6sc7ccccc7c56)n4)c23)cc1. The van der Waals surface area contributed by atoms with E-state index in [-0.39, 0.29) is 0 Å². The Morgan fingerprint density at radius 1 is 0.364 bits per heavy atom. The van der Waals surface area contributed by atoms with Crippen LogP contribution < -0.4 is 0 Å². The van der Waals surface area contributed by atoms with Crippen LogP contribution in [0.1, 0.15) is 0 Å². The lowest BCUT2D eigenvalue weighted by Crippen LogP contribution is -2.00. The van der Waals surface area contributed by atoms with Crippen LogP contribution in [0.15, 0.2) is 173 Å². The minimum absolute atomic E-state index is 0.586. The molecule has 12 rings (SSSR count). The average Bonchev–Trinajstić information content (AvgIpc) is 3.94. The van der Waals surface area contributed by atoms with E-state index in [2.05, 4.69) is 133 Å². The molecule has 4 aromatic heterocycles. The van der Waals surface area contributed by atoms with Gasteiger partial charge in [-0.1, -0.05) is 121 Å². The molecule has 0 aliphatic rings. The van der Waals surface area contributed by atoms with Crippen molar-refractivity contribution in [3.05, 3.63) is 164 Å². The van der Waals surface area contributed by atoms with Crippen LogP contribution in [-0.4, -0.2) is 15.0 Å². The lowest BCUT2D eigenvalue weighted by Gasteiger charge is -2.11. The smallest absolute Gasteiger partial charge is 0.164 e. The molecule has 0 radical (unpaired) electrons. The fourth-order valence-electron chi connectivity index (χ4n) is 8.19. The Labute approximate surface area is 317 Å². The molecular formula is C49H27N3O2S. The van der Waals surface area contributed by atoms with E-state index in [1.807, 2.05) is 30.3 Å². The zero-order chi connectivity index (χ0) is 36.0. The maximum Gasteiger partial charge on any atom is 0.164 e. The van der Waals surface area contributed by atoms with Gasteiger partial charge in [-0.15, -0.1) is 11.3 Å². The van der Waals surface area contributed by atoms with Gasteiger partial charge in [-0.2, -0.15) is 0 Å². The number of fused-ring (bicyclic) bond motifs is 10. The normalized spacial score (nSPS) is 12.0. The van der Waals surface area contributed by atoms with Crippen molar-refractivity contribution < 1.29 is 8.83 Å². The fourth-order valence-corrected chi connectivity index (χ4v) is 9.33. The predicted octanol–water partition coefficient (Wildman–Crippen LogP) is 13.9. The van der Waals surface area contributed by atoms with Gasteiger partial charge in [-0.05, 0) is 58.8 Å². The number of aromatic nitrogens is 3. The standard InChI is InChI=1S/C49H27N3O2S/c1-2-11-28(12-3-1)32-15-8-16-35-44-36(17-9-20-40(44)54-46(32)35)48-50-47(51-49(52-48)37-18-10-22-43-45(37)34-14-5-7-21-42(34)55-43)30-24-23-29-26-38-33-13-4-6-19-39(33)53-41(38)27-31(29)25-30/h1-27H. The van der Waals surface area contributed by atoms with Crippen LogP contribution in [0, 0.1) is 0 Å². The molecule has 0 saturated carbocycles. The molecule has 8 aromatic carbocycles. The van der Waals surface area contributed by atoms with Crippen molar-refractivity contribution in [2.45, 2.75) is 0 Å². The first-order valence-corrected chi connectivity index (χ1v) is 19.1. The fraction of sp³-hybridized carbons (Fsp3) is 0. The van der Waals surface area contributed by atoms with E-state index in [9.17, 15) is 0 Å². The summed E-state index contributed by atoms with van der Waals surface area (Å²) in [7, 11) is 0. The third-order valence-electron chi connectivity index (χ3n) is 10.7. The summed E-state index contributed by atoms with van der Waals surface area (Å²) in [6, 6.07) is 56.7. The number of nitrogens with zero attached hydrogens (tertiary/aromatic N) is 3. The van der Waals surface area contributed by atoms with E-state index in [1.165, 1.54) is 14.8 Å². The molecule has 0 amide bonds. The third-order valence-corrected chi connectivity index (χ3v) is 11.9. The molecule has 0 atom stereocenters. The van der Waals surface area contributed by atoms with Gasteiger partial charge in [0.05, 0.1) is 0 Å². The van der Waals surface area contributed by atoms with Gasteiger partial charge < -0.3 is 8.83 Å². The highest BCUT2D eigenvalue weighted by Crippen LogP contribution is 2.43. The zero-order valence-electron chi connectivity index (χ0n) is 29.2. The molecule has 0 unspecified atom stereocenters.